The summed E-state index contributed by atoms with van der Waals surface area (Å²) in [6.07, 6.45) is 1.59. The van der Waals surface area contributed by atoms with Gasteiger partial charge in [0.05, 0.1) is 25.4 Å². The number of methoxy groups -OCH3 is 2. The van der Waals surface area contributed by atoms with Crippen LogP contribution in [0.3, 0.4) is 0 Å². The van der Waals surface area contributed by atoms with E-state index in [4.69, 9.17) is 26.4 Å². The summed E-state index contributed by atoms with van der Waals surface area (Å²) < 4.78 is 31.6. The summed E-state index contributed by atoms with van der Waals surface area (Å²) >= 11 is 5.26. The molecule has 1 amide bonds. The van der Waals surface area contributed by atoms with Gasteiger partial charge in [-0.1, -0.05) is 36.4 Å². The number of thiocarbonyl (C=S) groups is 1. The van der Waals surface area contributed by atoms with Crippen molar-refractivity contribution < 1.29 is 23.4 Å². The number of ether oxygens (including phenoxy) is 3. The quantitative estimate of drug-likeness (QED) is 0.245. The molecule has 9 heteroatoms. The van der Waals surface area contributed by atoms with E-state index in [2.05, 4.69) is 15.6 Å². The van der Waals surface area contributed by atoms with E-state index in [0.29, 0.717) is 33.7 Å². The Morgan fingerprint density at radius 2 is 1.63 bits per heavy atom. The van der Waals surface area contributed by atoms with Crippen LogP contribution in [0, 0.1) is 5.82 Å². The molecule has 5 aromatic rings. The Bertz CT molecular complexity index is 1690. The summed E-state index contributed by atoms with van der Waals surface area (Å²) in [6.45, 7) is 0. The number of pyridine rings is 1. The molecule has 4 aromatic carbocycles. The second-order valence-electron chi connectivity index (χ2n) is 8.21. The molecule has 2 N–H and O–H groups in total. The summed E-state index contributed by atoms with van der Waals surface area (Å²) in [4.78, 5) is 17.2. The normalized spacial score (nSPS) is 10.7. The van der Waals surface area contributed by atoms with Crippen LogP contribution in [0.25, 0.3) is 21.7 Å². The Labute approximate surface area is 223 Å². The number of aromatic nitrogens is 1. The number of nitrogens with zero attached hydrogens (tertiary/aromatic N) is 1. The van der Waals surface area contributed by atoms with Crippen LogP contribution in [-0.2, 0) is 0 Å². The van der Waals surface area contributed by atoms with Crippen LogP contribution in [0.15, 0.2) is 85.1 Å². The van der Waals surface area contributed by atoms with Crippen LogP contribution in [0.5, 0.6) is 23.0 Å². The zero-order valence-corrected chi connectivity index (χ0v) is 21.3. The van der Waals surface area contributed by atoms with Gasteiger partial charge in [-0.15, -0.1) is 0 Å². The highest BCUT2D eigenvalue weighted by atomic mass is 32.1. The maximum Gasteiger partial charge on any atom is 0.258 e. The minimum absolute atomic E-state index is 0.0309. The van der Waals surface area contributed by atoms with Crippen LogP contribution >= 0.6 is 12.2 Å². The largest absolute Gasteiger partial charge is 0.493 e. The highest BCUT2D eigenvalue weighted by molar-refractivity contribution is 7.80. The van der Waals surface area contributed by atoms with E-state index < -0.39 is 11.7 Å². The number of rotatable bonds is 6. The number of carbonyl (C=O) groups is 1. The summed E-state index contributed by atoms with van der Waals surface area (Å²) in [6, 6.07) is 22.4. The van der Waals surface area contributed by atoms with Crippen molar-refractivity contribution in [1.82, 2.24) is 10.3 Å². The molecular formula is C29H22FN3O4S. The van der Waals surface area contributed by atoms with E-state index in [-0.39, 0.29) is 16.5 Å². The fourth-order valence-corrected chi connectivity index (χ4v) is 4.27. The van der Waals surface area contributed by atoms with Crippen LogP contribution in [0.1, 0.15) is 10.4 Å². The predicted molar refractivity (Wildman–Crippen MR) is 149 cm³/mol. The van der Waals surface area contributed by atoms with Crippen molar-refractivity contribution in [2.75, 3.05) is 19.5 Å². The number of hydrogen-bond donors (Lipinski definition) is 2. The van der Waals surface area contributed by atoms with Gasteiger partial charge < -0.3 is 19.5 Å². The molecule has 38 heavy (non-hydrogen) atoms. The average molecular weight is 528 g/mol. The molecule has 0 saturated carbocycles. The van der Waals surface area contributed by atoms with Gasteiger partial charge in [0.1, 0.15) is 17.3 Å². The standard InChI is InChI=1S/C29H22FN3O4S/c1-35-26-15-21-24(16-27(26)36-2)31-13-12-25(21)37-18-10-11-23(22(30)14-18)32-29(38)33-28(34)20-9-5-7-17-6-3-4-8-19(17)20/h3-16H,1-2H3,(H2,32,33,34,38). The molecule has 7 nitrogen and oxygen atoms in total. The first kappa shape index (κ1) is 24.9. The molecule has 5 rings (SSSR count). The zero-order chi connectivity index (χ0) is 26.6. The van der Waals surface area contributed by atoms with E-state index >= 15 is 0 Å². The van der Waals surface area contributed by atoms with Gasteiger partial charge >= 0.3 is 0 Å². The average Bonchev–Trinajstić information content (AvgIpc) is 2.93. The number of anilines is 1. The Balaban J connectivity index is 1.31. The third-order valence-electron chi connectivity index (χ3n) is 5.88. The second kappa shape index (κ2) is 10.7. The highest BCUT2D eigenvalue weighted by Crippen LogP contribution is 2.37. The first-order valence-corrected chi connectivity index (χ1v) is 12.0. The van der Waals surface area contributed by atoms with Crippen LogP contribution in [-0.4, -0.2) is 30.2 Å². The van der Waals surface area contributed by atoms with Gasteiger partial charge in [0.2, 0.25) is 0 Å². The van der Waals surface area contributed by atoms with Crippen molar-refractivity contribution in [3.8, 4) is 23.0 Å². The van der Waals surface area contributed by atoms with Gasteiger partial charge in [0, 0.05) is 29.3 Å². The predicted octanol–water partition coefficient (Wildman–Crippen LogP) is 6.46. The monoisotopic (exact) mass is 527 g/mol. The highest BCUT2D eigenvalue weighted by Gasteiger charge is 2.15. The number of benzene rings is 4. The van der Waals surface area contributed by atoms with Crippen molar-refractivity contribution >= 4 is 50.6 Å². The lowest BCUT2D eigenvalue weighted by Crippen LogP contribution is -2.34. The number of nitrogens with one attached hydrogen (secondary N) is 2. The number of halogens is 1. The number of hydrogen-bond acceptors (Lipinski definition) is 6. The molecule has 0 aliphatic carbocycles. The van der Waals surface area contributed by atoms with Crippen LogP contribution < -0.4 is 24.8 Å². The third-order valence-corrected chi connectivity index (χ3v) is 6.09. The summed E-state index contributed by atoms with van der Waals surface area (Å²) in [5.74, 6) is 0.783. The molecule has 0 spiro atoms. The Hall–Kier alpha value is -4.76. The molecular weight excluding hydrogens is 505 g/mol. The molecule has 0 aliphatic rings. The van der Waals surface area contributed by atoms with Gasteiger partial charge in [-0.25, -0.2) is 4.39 Å². The van der Waals surface area contributed by atoms with Gasteiger partial charge in [-0.2, -0.15) is 0 Å². The Morgan fingerprint density at radius 1 is 0.868 bits per heavy atom. The van der Waals surface area contributed by atoms with Crippen molar-refractivity contribution in [3.05, 3.63) is 96.4 Å². The fraction of sp³-hybridized carbons (Fsp3) is 0.0690. The van der Waals surface area contributed by atoms with E-state index in [1.165, 1.54) is 19.2 Å². The molecule has 1 heterocycles. The number of carbonyl (C=O) groups excluding carboxylic acids is 1. The molecule has 0 fully saturated rings. The van der Waals surface area contributed by atoms with E-state index in [1.807, 2.05) is 30.3 Å². The number of amides is 1. The summed E-state index contributed by atoms with van der Waals surface area (Å²) in [5, 5.41) is 7.71. The molecule has 0 aliphatic heterocycles. The first-order valence-electron chi connectivity index (χ1n) is 11.5. The first-order chi connectivity index (χ1) is 18.5. The molecule has 0 bridgehead atoms. The topological polar surface area (TPSA) is 81.7 Å². The smallest absolute Gasteiger partial charge is 0.258 e. The fourth-order valence-electron chi connectivity index (χ4n) is 4.07. The van der Waals surface area contributed by atoms with E-state index in [9.17, 15) is 9.18 Å². The molecule has 0 radical (unpaired) electrons. The molecule has 1 aromatic heterocycles. The molecule has 0 saturated heterocycles. The van der Waals surface area contributed by atoms with Gasteiger partial charge in [-0.3, -0.25) is 15.1 Å². The lowest BCUT2D eigenvalue weighted by molar-refractivity contribution is 0.0979. The van der Waals surface area contributed by atoms with E-state index in [0.717, 1.165) is 10.8 Å². The molecule has 190 valence electrons. The third kappa shape index (κ3) is 5.05. The van der Waals surface area contributed by atoms with Crippen molar-refractivity contribution in [3.63, 3.8) is 0 Å². The van der Waals surface area contributed by atoms with E-state index in [1.54, 1.807) is 49.7 Å². The minimum Gasteiger partial charge on any atom is -0.493 e. The summed E-state index contributed by atoms with van der Waals surface area (Å²) in [7, 11) is 3.08. The maximum atomic E-state index is 14.9. The summed E-state index contributed by atoms with van der Waals surface area (Å²) in [5.41, 5.74) is 1.19. The van der Waals surface area contributed by atoms with Crippen molar-refractivity contribution in [1.29, 1.82) is 0 Å². The lowest BCUT2D eigenvalue weighted by Gasteiger charge is -2.14. The maximum absolute atomic E-state index is 14.9. The minimum atomic E-state index is -0.609. The Morgan fingerprint density at radius 3 is 2.42 bits per heavy atom. The second-order valence-corrected chi connectivity index (χ2v) is 8.62. The van der Waals surface area contributed by atoms with Gasteiger partial charge in [0.15, 0.2) is 16.6 Å². The number of fused-ring (bicyclic) bond motifs is 2. The Kier molecular flexibility index (Phi) is 7.01. The SMILES string of the molecule is COc1cc2nccc(Oc3ccc(NC(=S)NC(=O)c4cccc5ccccc45)c(F)c3)c2cc1OC. The lowest BCUT2D eigenvalue weighted by atomic mass is 10.0. The van der Waals surface area contributed by atoms with Crippen molar-refractivity contribution in [2.24, 2.45) is 0 Å². The zero-order valence-electron chi connectivity index (χ0n) is 20.4. The van der Waals surface area contributed by atoms with Gasteiger partial charge in [-0.05, 0) is 53.3 Å². The molecule has 0 unspecified atom stereocenters. The molecule has 0 atom stereocenters. The van der Waals surface area contributed by atoms with Gasteiger partial charge in [0.25, 0.3) is 5.91 Å². The van der Waals surface area contributed by atoms with Crippen LogP contribution in [0.4, 0.5) is 10.1 Å². The van der Waals surface area contributed by atoms with Crippen molar-refractivity contribution in [2.45, 2.75) is 0 Å². The van der Waals surface area contributed by atoms with Crippen LogP contribution in [0.2, 0.25) is 0 Å².